The first kappa shape index (κ1) is 17.2. The summed E-state index contributed by atoms with van der Waals surface area (Å²) in [5.74, 6) is 1.33. The minimum Gasteiger partial charge on any atom is -0.496 e. The lowest BCUT2D eigenvalue weighted by atomic mass is 9.96. The molecule has 2 N–H and O–H groups in total. The number of para-hydroxylation sites is 1. The molecule has 1 aromatic carbocycles. The molecule has 1 aliphatic rings. The summed E-state index contributed by atoms with van der Waals surface area (Å²) in [7, 11) is 1.67. The van der Waals surface area contributed by atoms with Crippen LogP contribution in [0.15, 0.2) is 29.6 Å². The van der Waals surface area contributed by atoms with Gasteiger partial charge in [-0.1, -0.05) is 31.4 Å². The van der Waals surface area contributed by atoms with Crippen LogP contribution in [0.2, 0.25) is 0 Å². The number of thiazole rings is 1. The Morgan fingerprint density at radius 1 is 1.27 bits per heavy atom. The number of hydrogen-bond acceptors (Lipinski definition) is 5. The maximum atomic E-state index is 5.47. The Bertz CT molecular complexity index is 913. The number of rotatable bonds is 4. The van der Waals surface area contributed by atoms with E-state index in [1.54, 1.807) is 18.4 Å². The second kappa shape index (κ2) is 7.59. The molecule has 0 unspecified atom stereocenters. The molecule has 136 valence electrons. The number of anilines is 1. The third kappa shape index (κ3) is 3.52. The van der Waals surface area contributed by atoms with Crippen molar-refractivity contribution in [2.75, 3.05) is 12.4 Å². The highest BCUT2D eigenvalue weighted by Gasteiger charge is 2.17. The quantitative estimate of drug-likeness (QED) is 0.658. The fourth-order valence-electron chi connectivity index (χ4n) is 3.35. The van der Waals surface area contributed by atoms with Crippen LogP contribution in [0.1, 0.15) is 32.1 Å². The Kier molecular flexibility index (Phi) is 5.03. The fourth-order valence-corrected chi connectivity index (χ4v) is 4.43. The first-order valence-corrected chi connectivity index (χ1v) is 10.1. The van der Waals surface area contributed by atoms with Gasteiger partial charge in [-0.15, -0.1) is 16.4 Å². The van der Waals surface area contributed by atoms with E-state index in [9.17, 15) is 0 Å². The number of aromatic nitrogens is 3. The Morgan fingerprint density at radius 2 is 2.08 bits per heavy atom. The van der Waals surface area contributed by atoms with Crippen molar-refractivity contribution in [3.05, 3.63) is 29.6 Å². The molecule has 6 nitrogen and oxygen atoms in total. The van der Waals surface area contributed by atoms with Gasteiger partial charge in [0.2, 0.25) is 10.9 Å². The van der Waals surface area contributed by atoms with E-state index in [-0.39, 0.29) is 0 Å². The number of nitrogens with one attached hydrogen (secondary N) is 2. The highest BCUT2D eigenvalue weighted by Crippen LogP contribution is 2.32. The van der Waals surface area contributed by atoms with Gasteiger partial charge in [-0.05, 0) is 37.2 Å². The number of hydrogen-bond donors (Lipinski definition) is 2. The molecule has 1 saturated carbocycles. The Morgan fingerprint density at radius 3 is 2.88 bits per heavy atom. The predicted molar refractivity (Wildman–Crippen MR) is 109 cm³/mol. The van der Waals surface area contributed by atoms with Crippen molar-refractivity contribution in [3.8, 4) is 17.0 Å². The summed E-state index contributed by atoms with van der Waals surface area (Å²) in [6.45, 7) is 0. The number of nitrogens with zero attached hydrogens (tertiary/aromatic N) is 3. The van der Waals surface area contributed by atoms with Gasteiger partial charge >= 0.3 is 0 Å². The second-order valence-corrected chi connectivity index (χ2v) is 7.63. The predicted octanol–water partition coefficient (Wildman–Crippen LogP) is 4.09. The van der Waals surface area contributed by atoms with Crippen molar-refractivity contribution in [2.45, 2.75) is 38.1 Å². The lowest BCUT2D eigenvalue weighted by molar-refractivity contribution is 0.414. The summed E-state index contributed by atoms with van der Waals surface area (Å²) in [5, 5.41) is 13.7. The van der Waals surface area contributed by atoms with Gasteiger partial charge in [0.05, 0.1) is 12.8 Å². The molecule has 0 bridgehead atoms. The van der Waals surface area contributed by atoms with Crippen LogP contribution in [-0.2, 0) is 0 Å². The van der Waals surface area contributed by atoms with E-state index < -0.39 is 0 Å². The molecule has 4 rings (SSSR count). The van der Waals surface area contributed by atoms with Crippen LogP contribution >= 0.6 is 23.6 Å². The molecular formula is C18H21N5OS2. The van der Waals surface area contributed by atoms with Gasteiger partial charge in [-0.3, -0.25) is 5.32 Å². The smallest absolute Gasteiger partial charge is 0.250 e. The summed E-state index contributed by atoms with van der Waals surface area (Å²) in [6.07, 6.45) is 6.20. The van der Waals surface area contributed by atoms with Crippen molar-refractivity contribution in [3.63, 3.8) is 0 Å². The summed E-state index contributed by atoms with van der Waals surface area (Å²) in [4.78, 5) is 5.35. The van der Waals surface area contributed by atoms with Gasteiger partial charge in [-0.2, -0.15) is 4.98 Å². The molecule has 2 heterocycles. The topological polar surface area (TPSA) is 63.5 Å². The highest BCUT2D eigenvalue weighted by atomic mass is 32.1. The number of fused-ring (bicyclic) bond motifs is 1. The van der Waals surface area contributed by atoms with Crippen LogP contribution in [0.3, 0.4) is 0 Å². The molecule has 1 aliphatic carbocycles. The summed E-state index contributed by atoms with van der Waals surface area (Å²) in [5.41, 5.74) is 1.94. The van der Waals surface area contributed by atoms with Crippen LogP contribution in [-0.4, -0.2) is 32.9 Å². The maximum Gasteiger partial charge on any atom is 0.250 e. The molecule has 1 fully saturated rings. The average molecular weight is 388 g/mol. The van der Waals surface area contributed by atoms with Crippen molar-refractivity contribution >= 4 is 39.6 Å². The largest absolute Gasteiger partial charge is 0.496 e. The SMILES string of the molecule is COc1ccccc1-c1csc2nc(NC(=S)NC3CCCCC3)nn12. The van der Waals surface area contributed by atoms with Gasteiger partial charge in [0.15, 0.2) is 5.11 Å². The first-order chi connectivity index (χ1) is 12.7. The van der Waals surface area contributed by atoms with Crippen LogP contribution < -0.4 is 15.4 Å². The van der Waals surface area contributed by atoms with E-state index in [0.29, 0.717) is 17.1 Å². The summed E-state index contributed by atoms with van der Waals surface area (Å²) in [6, 6.07) is 8.36. The van der Waals surface area contributed by atoms with E-state index in [1.807, 2.05) is 34.2 Å². The molecule has 2 aromatic heterocycles. The van der Waals surface area contributed by atoms with E-state index >= 15 is 0 Å². The number of ether oxygens (including phenoxy) is 1. The van der Waals surface area contributed by atoms with E-state index in [1.165, 1.54) is 32.1 Å². The van der Waals surface area contributed by atoms with Gasteiger partial charge in [-0.25, -0.2) is 4.52 Å². The maximum absolute atomic E-state index is 5.47. The minimum absolute atomic E-state index is 0.455. The molecule has 0 amide bonds. The monoisotopic (exact) mass is 387 g/mol. The van der Waals surface area contributed by atoms with Crippen LogP contribution in [0, 0.1) is 0 Å². The van der Waals surface area contributed by atoms with Gasteiger partial charge in [0, 0.05) is 17.0 Å². The number of methoxy groups -OCH3 is 1. The van der Waals surface area contributed by atoms with Crippen LogP contribution in [0.5, 0.6) is 5.75 Å². The second-order valence-electron chi connectivity index (χ2n) is 6.38. The summed E-state index contributed by atoms with van der Waals surface area (Å²) < 4.78 is 7.30. The van der Waals surface area contributed by atoms with E-state index in [0.717, 1.165) is 22.0 Å². The standard InChI is InChI=1S/C18H21N5OS2/c1-24-15-10-6-5-9-13(15)14-11-26-18-21-16(22-23(14)18)20-17(25)19-12-7-3-2-4-8-12/h5-6,9-12H,2-4,7-8H2,1H3,(H2,19,20,22,25). The summed E-state index contributed by atoms with van der Waals surface area (Å²) >= 11 is 6.97. The lowest BCUT2D eigenvalue weighted by Crippen LogP contribution is -2.39. The number of thiocarbonyl (C=S) groups is 1. The highest BCUT2D eigenvalue weighted by molar-refractivity contribution is 7.80. The third-order valence-corrected chi connectivity index (χ3v) is 5.67. The third-order valence-electron chi connectivity index (χ3n) is 4.63. The zero-order valence-corrected chi connectivity index (χ0v) is 16.2. The van der Waals surface area contributed by atoms with Crippen molar-refractivity contribution in [1.82, 2.24) is 19.9 Å². The van der Waals surface area contributed by atoms with Crippen molar-refractivity contribution < 1.29 is 4.74 Å². The Balaban J connectivity index is 1.53. The van der Waals surface area contributed by atoms with Crippen molar-refractivity contribution in [2.24, 2.45) is 0 Å². The Hall–Kier alpha value is -2.19. The van der Waals surface area contributed by atoms with Crippen molar-refractivity contribution in [1.29, 1.82) is 0 Å². The molecule has 26 heavy (non-hydrogen) atoms. The zero-order chi connectivity index (χ0) is 17.9. The van der Waals surface area contributed by atoms with Crippen LogP contribution in [0.4, 0.5) is 5.95 Å². The molecule has 0 saturated heterocycles. The normalized spacial score (nSPS) is 15.1. The van der Waals surface area contributed by atoms with Gasteiger partial charge < -0.3 is 10.1 Å². The molecule has 0 atom stereocenters. The Labute approximate surface area is 161 Å². The lowest BCUT2D eigenvalue weighted by Gasteiger charge is -2.23. The van der Waals surface area contributed by atoms with E-state index in [2.05, 4.69) is 20.7 Å². The molecule has 0 spiro atoms. The molecule has 0 radical (unpaired) electrons. The first-order valence-electron chi connectivity index (χ1n) is 8.80. The number of benzene rings is 1. The zero-order valence-electron chi connectivity index (χ0n) is 14.6. The van der Waals surface area contributed by atoms with Crippen LogP contribution in [0.25, 0.3) is 16.2 Å². The molecule has 3 aromatic rings. The van der Waals surface area contributed by atoms with Gasteiger partial charge in [0.1, 0.15) is 5.75 Å². The molecular weight excluding hydrogens is 366 g/mol. The average Bonchev–Trinajstić information content (AvgIpc) is 3.22. The fraction of sp³-hybridized carbons (Fsp3) is 0.389. The molecule has 0 aliphatic heterocycles. The molecule has 8 heteroatoms. The minimum atomic E-state index is 0.455. The van der Waals surface area contributed by atoms with Gasteiger partial charge in [0.25, 0.3) is 0 Å². The van der Waals surface area contributed by atoms with E-state index in [4.69, 9.17) is 17.0 Å².